The topological polar surface area (TPSA) is 93.1 Å². The van der Waals surface area contributed by atoms with Crippen molar-refractivity contribution in [1.29, 1.82) is 0 Å². The summed E-state index contributed by atoms with van der Waals surface area (Å²) in [6.07, 6.45) is 1.77. The van der Waals surface area contributed by atoms with Gasteiger partial charge >= 0.3 is 0 Å². The summed E-state index contributed by atoms with van der Waals surface area (Å²) in [6, 6.07) is 3.39. The molecule has 1 aromatic carbocycles. The number of ether oxygens (including phenoxy) is 2. The molecule has 3 heterocycles. The van der Waals surface area contributed by atoms with Crippen LogP contribution in [0, 0.1) is 0 Å². The Morgan fingerprint density at radius 1 is 1.10 bits per heavy atom. The molecule has 9 heteroatoms. The molecule has 9 nitrogen and oxygen atoms in total. The number of piperazine rings is 1. The van der Waals surface area contributed by atoms with Crippen LogP contribution < -0.4 is 20.2 Å². The fourth-order valence-corrected chi connectivity index (χ4v) is 3.80. The number of likely N-dealkylation sites (N-methyl/N-ethyl adjacent to an activating group) is 1. The van der Waals surface area contributed by atoms with Gasteiger partial charge in [0.2, 0.25) is 18.1 Å². The van der Waals surface area contributed by atoms with Gasteiger partial charge in [-0.3, -0.25) is 14.4 Å². The maximum Gasteiger partial charge on any atom is 0.256 e. The predicted octanol–water partition coefficient (Wildman–Crippen LogP) is 0.644. The van der Waals surface area contributed by atoms with E-state index >= 15 is 0 Å². The number of fused-ring (bicyclic) bond motifs is 2. The maximum atomic E-state index is 13.0. The fourth-order valence-electron chi connectivity index (χ4n) is 3.80. The summed E-state index contributed by atoms with van der Waals surface area (Å²) < 4.78 is 12.6. The number of amides is 2. The van der Waals surface area contributed by atoms with Gasteiger partial charge in [-0.25, -0.2) is 0 Å². The molecule has 30 heavy (non-hydrogen) atoms. The molecule has 2 aliphatic rings. The number of rotatable bonds is 5. The van der Waals surface area contributed by atoms with Gasteiger partial charge < -0.3 is 29.2 Å². The van der Waals surface area contributed by atoms with E-state index in [0.717, 1.165) is 13.1 Å². The Morgan fingerprint density at radius 2 is 1.80 bits per heavy atom. The molecule has 1 N–H and O–H groups in total. The quantitative estimate of drug-likeness (QED) is 0.772. The van der Waals surface area contributed by atoms with Gasteiger partial charge in [-0.15, -0.1) is 0 Å². The molecular weight excluding hydrogens is 388 g/mol. The van der Waals surface area contributed by atoms with Crippen molar-refractivity contribution in [2.75, 3.05) is 46.6 Å². The van der Waals surface area contributed by atoms with E-state index in [0.29, 0.717) is 42.0 Å². The van der Waals surface area contributed by atoms with Gasteiger partial charge in [-0.1, -0.05) is 0 Å². The smallest absolute Gasteiger partial charge is 0.256 e. The number of benzene rings is 1. The van der Waals surface area contributed by atoms with Crippen molar-refractivity contribution in [1.82, 2.24) is 19.7 Å². The Hall–Kier alpha value is -3.07. The van der Waals surface area contributed by atoms with E-state index in [1.807, 2.05) is 23.4 Å². The number of nitrogens with zero attached hydrogens (tertiary/aromatic N) is 3. The first-order chi connectivity index (χ1) is 14.5. The van der Waals surface area contributed by atoms with E-state index in [1.165, 1.54) is 0 Å². The second-order valence-corrected chi connectivity index (χ2v) is 7.57. The van der Waals surface area contributed by atoms with Crippen molar-refractivity contribution in [3.8, 4) is 11.5 Å². The monoisotopic (exact) mass is 414 g/mol. The summed E-state index contributed by atoms with van der Waals surface area (Å²) in [5.41, 5.74) is 0.375. The molecule has 0 spiro atoms. The average Bonchev–Trinajstić information content (AvgIpc) is 3.21. The SMILES string of the molecule is CCn1cc(C(=O)NCCC(=O)N2CCN(C)CC2)c(=O)c2cc3c(cc21)OCO3. The number of pyridine rings is 1. The third-order valence-corrected chi connectivity index (χ3v) is 5.64. The zero-order valence-corrected chi connectivity index (χ0v) is 17.3. The summed E-state index contributed by atoms with van der Waals surface area (Å²) in [6.45, 7) is 5.92. The third-order valence-electron chi connectivity index (χ3n) is 5.64. The Labute approximate surface area is 174 Å². The van der Waals surface area contributed by atoms with Crippen molar-refractivity contribution in [3.05, 3.63) is 34.1 Å². The van der Waals surface area contributed by atoms with Crippen LogP contribution in [0.1, 0.15) is 23.7 Å². The van der Waals surface area contributed by atoms with Gasteiger partial charge in [0.05, 0.1) is 10.9 Å². The lowest BCUT2D eigenvalue weighted by Gasteiger charge is -2.32. The van der Waals surface area contributed by atoms with Crippen LogP contribution in [0.2, 0.25) is 0 Å². The van der Waals surface area contributed by atoms with Gasteiger partial charge in [0.15, 0.2) is 11.5 Å². The minimum absolute atomic E-state index is 0.0144. The minimum Gasteiger partial charge on any atom is -0.454 e. The first kappa shape index (κ1) is 20.2. The van der Waals surface area contributed by atoms with Gasteiger partial charge in [-0.2, -0.15) is 0 Å². The largest absolute Gasteiger partial charge is 0.454 e. The van der Waals surface area contributed by atoms with Crippen LogP contribution in [-0.4, -0.2) is 72.7 Å². The van der Waals surface area contributed by atoms with Crippen molar-refractivity contribution < 1.29 is 19.1 Å². The lowest BCUT2D eigenvalue weighted by Crippen LogP contribution is -2.47. The van der Waals surface area contributed by atoms with Gasteiger partial charge in [0.1, 0.15) is 5.56 Å². The summed E-state index contributed by atoms with van der Waals surface area (Å²) in [7, 11) is 2.03. The summed E-state index contributed by atoms with van der Waals surface area (Å²) >= 11 is 0. The number of carbonyl (C=O) groups excluding carboxylic acids is 2. The lowest BCUT2D eigenvalue weighted by molar-refractivity contribution is -0.132. The van der Waals surface area contributed by atoms with E-state index in [2.05, 4.69) is 10.2 Å². The number of nitrogens with one attached hydrogen (secondary N) is 1. The highest BCUT2D eigenvalue weighted by molar-refractivity contribution is 5.98. The Bertz CT molecular complexity index is 1040. The molecule has 0 atom stereocenters. The summed E-state index contributed by atoms with van der Waals surface area (Å²) in [5.74, 6) is 0.620. The standard InChI is InChI=1S/C21H26N4O5/c1-3-24-12-15(20(27)14-10-17-18(11-16(14)24)30-13-29-17)21(28)22-5-4-19(26)25-8-6-23(2)7-9-25/h10-12H,3-9,13H2,1-2H3,(H,22,28). The van der Waals surface area contributed by atoms with E-state index in [1.54, 1.807) is 18.3 Å². The van der Waals surface area contributed by atoms with Crippen LogP contribution in [0.15, 0.2) is 23.1 Å². The van der Waals surface area contributed by atoms with E-state index in [4.69, 9.17) is 9.47 Å². The Kier molecular flexibility index (Phi) is 5.63. The molecule has 1 aromatic heterocycles. The second kappa shape index (κ2) is 8.35. The Balaban J connectivity index is 1.48. The third kappa shape index (κ3) is 3.85. The molecule has 160 valence electrons. The molecule has 1 saturated heterocycles. The number of carbonyl (C=O) groups is 2. The lowest BCUT2D eigenvalue weighted by atomic mass is 10.1. The minimum atomic E-state index is -0.479. The van der Waals surface area contributed by atoms with Gasteiger partial charge in [-0.05, 0) is 20.0 Å². The summed E-state index contributed by atoms with van der Waals surface area (Å²) in [4.78, 5) is 42.0. The highest BCUT2D eigenvalue weighted by Crippen LogP contribution is 2.35. The normalized spacial score (nSPS) is 16.1. The zero-order valence-electron chi connectivity index (χ0n) is 17.3. The zero-order chi connectivity index (χ0) is 21.3. The highest BCUT2D eigenvalue weighted by atomic mass is 16.7. The van der Waals surface area contributed by atoms with Gasteiger partial charge in [0.25, 0.3) is 5.91 Å². The van der Waals surface area contributed by atoms with Crippen LogP contribution in [0.5, 0.6) is 11.5 Å². The highest BCUT2D eigenvalue weighted by Gasteiger charge is 2.22. The molecule has 0 radical (unpaired) electrons. The van der Waals surface area contributed by atoms with Crippen LogP contribution in [0.3, 0.4) is 0 Å². The van der Waals surface area contributed by atoms with E-state index < -0.39 is 5.91 Å². The van der Waals surface area contributed by atoms with Crippen molar-refractivity contribution in [2.45, 2.75) is 19.9 Å². The number of hydrogen-bond acceptors (Lipinski definition) is 6. The van der Waals surface area contributed by atoms with Crippen LogP contribution in [0.25, 0.3) is 10.9 Å². The molecular formula is C21H26N4O5. The molecule has 2 aliphatic heterocycles. The summed E-state index contributed by atoms with van der Waals surface area (Å²) in [5, 5.41) is 3.13. The Morgan fingerprint density at radius 3 is 2.50 bits per heavy atom. The molecule has 0 saturated carbocycles. The molecule has 0 unspecified atom stereocenters. The van der Waals surface area contributed by atoms with E-state index in [9.17, 15) is 14.4 Å². The molecule has 1 fully saturated rings. The van der Waals surface area contributed by atoms with E-state index in [-0.39, 0.29) is 36.7 Å². The fraction of sp³-hybridized carbons (Fsp3) is 0.476. The predicted molar refractivity (Wildman–Crippen MR) is 111 cm³/mol. The molecule has 2 amide bonds. The first-order valence-corrected chi connectivity index (χ1v) is 10.2. The van der Waals surface area contributed by atoms with Crippen molar-refractivity contribution >= 4 is 22.7 Å². The average molecular weight is 414 g/mol. The number of aromatic nitrogens is 1. The second-order valence-electron chi connectivity index (χ2n) is 7.57. The number of hydrogen-bond donors (Lipinski definition) is 1. The number of aryl methyl sites for hydroxylation is 1. The van der Waals surface area contributed by atoms with Crippen LogP contribution in [0.4, 0.5) is 0 Å². The molecule has 4 rings (SSSR count). The maximum absolute atomic E-state index is 13.0. The van der Waals surface area contributed by atoms with Crippen LogP contribution in [-0.2, 0) is 11.3 Å². The van der Waals surface area contributed by atoms with Gasteiger partial charge in [0, 0.05) is 58.0 Å². The van der Waals surface area contributed by atoms with Crippen LogP contribution >= 0.6 is 0 Å². The molecule has 2 aromatic rings. The molecule has 0 aliphatic carbocycles. The van der Waals surface area contributed by atoms with Crippen molar-refractivity contribution in [2.24, 2.45) is 0 Å². The molecule has 0 bridgehead atoms. The first-order valence-electron chi connectivity index (χ1n) is 10.2. The van der Waals surface area contributed by atoms with Crippen molar-refractivity contribution in [3.63, 3.8) is 0 Å².